The van der Waals surface area contributed by atoms with Gasteiger partial charge in [0.15, 0.2) is 0 Å². The first-order valence-electron chi connectivity index (χ1n) is 6.80. The molecule has 1 aliphatic carbocycles. The maximum atomic E-state index is 9.81. The van der Waals surface area contributed by atoms with Crippen LogP contribution in [0, 0.1) is 0 Å². The van der Waals surface area contributed by atoms with Gasteiger partial charge in [-0.05, 0) is 56.2 Å². The third-order valence-corrected chi connectivity index (χ3v) is 4.15. The van der Waals surface area contributed by atoms with Gasteiger partial charge in [0.1, 0.15) is 0 Å². The second-order valence-electron chi connectivity index (χ2n) is 5.61. The molecule has 17 heavy (non-hydrogen) atoms. The Labute approximate surface area is 103 Å². The molecule has 1 unspecified atom stereocenters. The van der Waals surface area contributed by atoms with Crippen LogP contribution in [0.4, 0.5) is 0 Å². The SMILES string of the molecule is OC1(CCc2ccc(C3CCCN3)cc2)CC1. The minimum atomic E-state index is -0.314. The van der Waals surface area contributed by atoms with E-state index >= 15 is 0 Å². The number of hydrogen-bond donors (Lipinski definition) is 2. The van der Waals surface area contributed by atoms with Gasteiger partial charge in [-0.25, -0.2) is 0 Å². The Morgan fingerprint density at radius 2 is 2.00 bits per heavy atom. The first-order valence-corrected chi connectivity index (χ1v) is 6.80. The lowest BCUT2D eigenvalue weighted by Gasteiger charge is -2.12. The molecule has 0 radical (unpaired) electrons. The Morgan fingerprint density at radius 1 is 1.24 bits per heavy atom. The van der Waals surface area contributed by atoms with Gasteiger partial charge in [0.25, 0.3) is 0 Å². The second kappa shape index (κ2) is 4.43. The summed E-state index contributed by atoms with van der Waals surface area (Å²) in [6, 6.07) is 9.50. The number of rotatable bonds is 4. The van der Waals surface area contributed by atoms with Gasteiger partial charge in [0.2, 0.25) is 0 Å². The molecule has 2 nitrogen and oxygen atoms in total. The number of hydrogen-bond acceptors (Lipinski definition) is 2. The predicted octanol–water partition coefficient (Wildman–Crippen LogP) is 2.57. The Balaban J connectivity index is 1.59. The van der Waals surface area contributed by atoms with Crippen LogP contribution < -0.4 is 5.32 Å². The van der Waals surface area contributed by atoms with E-state index in [2.05, 4.69) is 29.6 Å². The van der Waals surface area contributed by atoms with Gasteiger partial charge in [-0.2, -0.15) is 0 Å². The van der Waals surface area contributed by atoms with Crippen molar-refractivity contribution >= 4 is 0 Å². The molecule has 92 valence electrons. The van der Waals surface area contributed by atoms with Gasteiger partial charge in [-0.1, -0.05) is 24.3 Å². The summed E-state index contributed by atoms with van der Waals surface area (Å²) in [6.45, 7) is 1.15. The largest absolute Gasteiger partial charge is 0.390 e. The third-order valence-electron chi connectivity index (χ3n) is 4.15. The van der Waals surface area contributed by atoms with Crippen molar-refractivity contribution < 1.29 is 5.11 Å². The lowest BCUT2D eigenvalue weighted by atomic mass is 10.0. The molecule has 3 rings (SSSR count). The van der Waals surface area contributed by atoms with Crippen molar-refractivity contribution in [2.45, 2.75) is 50.2 Å². The monoisotopic (exact) mass is 231 g/mol. The standard InChI is InChI=1S/C15H21NO/c17-15(9-10-15)8-7-12-3-5-13(6-4-12)14-2-1-11-16-14/h3-6,14,16-17H,1-2,7-11H2. The maximum Gasteiger partial charge on any atom is 0.0653 e. The topological polar surface area (TPSA) is 32.3 Å². The maximum absolute atomic E-state index is 9.81. The Morgan fingerprint density at radius 3 is 2.59 bits per heavy atom. The van der Waals surface area contributed by atoms with E-state index in [1.54, 1.807) is 0 Å². The smallest absolute Gasteiger partial charge is 0.0653 e. The van der Waals surface area contributed by atoms with Crippen LogP contribution in [-0.2, 0) is 6.42 Å². The molecule has 1 aromatic carbocycles. The zero-order valence-corrected chi connectivity index (χ0v) is 10.3. The van der Waals surface area contributed by atoms with E-state index in [9.17, 15) is 5.11 Å². The molecule has 0 spiro atoms. The van der Waals surface area contributed by atoms with E-state index in [0.717, 1.165) is 32.2 Å². The highest BCUT2D eigenvalue weighted by Crippen LogP contribution is 2.39. The molecule has 2 heteroatoms. The summed E-state index contributed by atoms with van der Waals surface area (Å²) < 4.78 is 0. The van der Waals surface area contributed by atoms with Crippen molar-refractivity contribution in [3.8, 4) is 0 Å². The summed E-state index contributed by atoms with van der Waals surface area (Å²) >= 11 is 0. The molecular weight excluding hydrogens is 210 g/mol. The first-order chi connectivity index (χ1) is 8.25. The van der Waals surface area contributed by atoms with Gasteiger partial charge < -0.3 is 10.4 Å². The zero-order chi connectivity index (χ0) is 11.7. The molecule has 0 amide bonds. The lowest BCUT2D eigenvalue weighted by molar-refractivity contribution is 0.140. The molecule has 0 bridgehead atoms. The number of aliphatic hydroxyl groups is 1. The Bertz CT molecular complexity index is 374. The average Bonchev–Trinajstić information content (AvgIpc) is 2.89. The fraction of sp³-hybridized carbons (Fsp3) is 0.600. The molecule has 1 aromatic rings. The Hall–Kier alpha value is -0.860. The molecular formula is C15H21NO. The summed E-state index contributed by atoms with van der Waals surface area (Å²) in [7, 11) is 0. The highest BCUT2D eigenvalue weighted by atomic mass is 16.3. The van der Waals surface area contributed by atoms with E-state index in [1.165, 1.54) is 24.0 Å². The van der Waals surface area contributed by atoms with E-state index < -0.39 is 0 Å². The van der Waals surface area contributed by atoms with Crippen LogP contribution >= 0.6 is 0 Å². The average molecular weight is 231 g/mol. The van der Waals surface area contributed by atoms with E-state index in [-0.39, 0.29) is 5.60 Å². The molecule has 0 aromatic heterocycles. The summed E-state index contributed by atoms with van der Waals surface area (Å²) in [6.07, 6.45) is 6.48. The molecule has 2 N–H and O–H groups in total. The van der Waals surface area contributed by atoms with Crippen molar-refractivity contribution in [3.63, 3.8) is 0 Å². The van der Waals surface area contributed by atoms with Gasteiger partial charge >= 0.3 is 0 Å². The van der Waals surface area contributed by atoms with Crippen LogP contribution in [0.1, 0.15) is 49.3 Å². The lowest BCUT2D eigenvalue weighted by Crippen LogP contribution is -2.12. The second-order valence-corrected chi connectivity index (χ2v) is 5.61. The van der Waals surface area contributed by atoms with E-state index in [0.29, 0.717) is 6.04 Å². The van der Waals surface area contributed by atoms with Crippen molar-refractivity contribution in [2.24, 2.45) is 0 Å². The molecule has 1 aliphatic heterocycles. The molecule has 1 atom stereocenters. The quantitative estimate of drug-likeness (QED) is 0.834. The molecule has 2 fully saturated rings. The van der Waals surface area contributed by atoms with Crippen LogP contribution in [0.25, 0.3) is 0 Å². The van der Waals surface area contributed by atoms with Gasteiger partial charge in [0.05, 0.1) is 5.60 Å². The fourth-order valence-electron chi connectivity index (χ4n) is 2.66. The molecule has 1 heterocycles. The van der Waals surface area contributed by atoms with Crippen molar-refractivity contribution in [2.75, 3.05) is 6.54 Å². The highest BCUT2D eigenvalue weighted by Gasteiger charge is 2.39. The fourth-order valence-corrected chi connectivity index (χ4v) is 2.66. The van der Waals surface area contributed by atoms with Crippen LogP contribution in [0.15, 0.2) is 24.3 Å². The highest BCUT2D eigenvalue weighted by molar-refractivity contribution is 5.26. The molecule has 1 saturated carbocycles. The van der Waals surface area contributed by atoms with Gasteiger partial charge in [0, 0.05) is 6.04 Å². The number of nitrogens with one attached hydrogen (secondary N) is 1. The van der Waals surface area contributed by atoms with Crippen molar-refractivity contribution in [1.82, 2.24) is 5.32 Å². The van der Waals surface area contributed by atoms with Crippen LogP contribution in [0.5, 0.6) is 0 Å². The van der Waals surface area contributed by atoms with E-state index in [4.69, 9.17) is 0 Å². The number of aryl methyl sites for hydroxylation is 1. The van der Waals surface area contributed by atoms with Crippen LogP contribution in [0.2, 0.25) is 0 Å². The number of benzene rings is 1. The molecule has 2 aliphatic rings. The zero-order valence-electron chi connectivity index (χ0n) is 10.3. The van der Waals surface area contributed by atoms with Crippen LogP contribution in [0.3, 0.4) is 0 Å². The predicted molar refractivity (Wildman–Crippen MR) is 68.9 cm³/mol. The van der Waals surface area contributed by atoms with Crippen LogP contribution in [-0.4, -0.2) is 17.3 Å². The summed E-state index contributed by atoms with van der Waals surface area (Å²) in [5.74, 6) is 0. The Kier molecular flexibility index (Phi) is 2.93. The normalized spacial score (nSPS) is 26.1. The summed E-state index contributed by atoms with van der Waals surface area (Å²) in [5.41, 5.74) is 2.45. The van der Waals surface area contributed by atoms with E-state index in [1.807, 2.05) is 0 Å². The van der Waals surface area contributed by atoms with Gasteiger partial charge in [-0.15, -0.1) is 0 Å². The van der Waals surface area contributed by atoms with Gasteiger partial charge in [-0.3, -0.25) is 0 Å². The minimum absolute atomic E-state index is 0.314. The van der Waals surface area contributed by atoms with Crippen molar-refractivity contribution in [3.05, 3.63) is 35.4 Å². The summed E-state index contributed by atoms with van der Waals surface area (Å²) in [4.78, 5) is 0. The first kappa shape index (κ1) is 11.2. The minimum Gasteiger partial charge on any atom is -0.390 e. The third kappa shape index (κ3) is 2.70. The summed E-state index contributed by atoms with van der Waals surface area (Å²) in [5, 5.41) is 13.3. The molecule has 1 saturated heterocycles. The van der Waals surface area contributed by atoms with Crippen molar-refractivity contribution in [1.29, 1.82) is 0 Å².